The number of rotatable bonds is 8. The summed E-state index contributed by atoms with van der Waals surface area (Å²) in [7, 11) is 3.18. The van der Waals surface area contributed by atoms with Crippen molar-refractivity contribution in [2.24, 2.45) is 11.8 Å². The quantitative estimate of drug-likeness (QED) is 0.348. The zero-order valence-corrected chi connectivity index (χ0v) is 22.7. The number of nitrogens with zero attached hydrogens (tertiary/aromatic N) is 5. The summed E-state index contributed by atoms with van der Waals surface area (Å²) in [6.45, 7) is 6.71. The number of piperidine rings is 1. The maximum Gasteiger partial charge on any atom is 0.275 e. The van der Waals surface area contributed by atoms with Gasteiger partial charge in [-0.25, -0.2) is 14.4 Å². The number of thiazole rings is 1. The number of fused-ring (bicyclic) bond motifs is 1. The molecule has 4 aromatic rings. The Morgan fingerprint density at radius 3 is 2.84 bits per heavy atom. The Bertz CT molecular complexity index is 1420. The normalized spacial score (nSPS) is 19.7. The van der Waals surface area contributed by atoms with Crippen molar-refractivity contribution in [2.75, 3.05) is 33.8 Å². The van der Waals surface area contributed by atoms with E-state index in [1.807, 2.05) is 6.07 Å². The predicted molar refractivity (Wildman–Crippen MR) is 143 cm³/mol. The Hall–Kier alpha value is -3.44. The van der Waals surface area contributed by atoms with Crippen LogP contribution in [0.25, 0.3) is 21.6 Å². The third-order valence-corrected chi connectivity index (χ3v) is 8.27. The number of ether oxygens (including phenoxy) is 1. The molecule has 0 radical (unpaired) electrons. The molecular formula is C27H31FN6O3S. The first-order valence-electron chi connectivity index (χ1n) is 12.7. The Kier molecular flexibility index (Phi) is 7.40. The van der Waals surface area contributed by atoms with Crippen LogP contribution in [0.3, 0.4) is 0 Å². The summed E-state index contributed by atoms with van der Waals surface area (Å²) in [5.41, 5.74) is 1.71. The second-order valence-electron chi connectivity index (χ2n) is 10.2. The van der Waals surface area contributed by atoms with Gasteiger partial charge in [0.1, 0.15) is 16.2 Å². The fourth-order valence-corrected chi connectivity index (χ4v) is 6.19. The van der Waals surface area contributed by atoms with Crippen molar-refractivity contribution in [3.8, 4) is 16.5 Å². The molecule has 2 atom stereocenters. The standard InChI is InChI=1S/C27H31FN6O3S/c1-16(2)19-14-29-11-9-27(19,23-15-30-33-37-23)10-12-36-26-32-22-8-7-21(31-24(22)38-26)17-5-6-18(20(28)13-17)25(35)34(3)4/h5-8,13,15-16,19,29H,9-12,14H2,1-4H3. The summed E-state index contributed by atoms with van der Waals surface area (Å²) in [4.78, 5) is 23.5. The molecule has 38 heavy (non-hydrogen) atoms. The van der Waals surface area contributed by atoms with Gasteiger partial charge >= 0.3 is 0 Å². The van der Waals surface area contributed by atoms with E-state index in [0.29, 0.717) is 45.2 Å². The van der Waals surface area contributed by atoms with Gasteiger partial charge in [-0.05, 0) is 62.0 Å². The van der Waals surface area contributed by atoms with Gasteiger partial charge in [-0.2, -0.15) is 0 Å². The molecule has 5 rings (SSSR count). The van der Waals surface area contributed by atoms with E-state index in [2.05, 4.69) is 39.5 Å². The summed E-state index contributed by atoms with van der Waals surface area (Å²) < 4.78 is 26.4. The first-order valence-corrected chi connectivity index (χ1v) is 13.5. The lowest BCUT2D eigenvalue weighted by Gasteiger charge is -2.44. The second kappa shape index (κ2) is 10.7. The number of aromatic nitrogens is 4. The summed E-state index contributed by atoms with van der Waals surface area (Å²) in [5, 5.41) is 11.7. The summed E-state index contributed by atoms with van der Waals surface area (Å²) in [5.74, 6) is 0.645. The van der Waals surface area contributed by atoms with Crippen LogP contribution < -0.4 is 10.1 Å². The van der Waals surface area contributed by atoms with Crippen LogP contribution in [0.1, 0.15) is 42.8 Å². The Morgan fingerprint density at radius 2 is 2.13 bits per heavy atom. The minimum atomic E-state index is -0.579. The molecule has 1 aliphatic rings. The van der Waals surface area contributed by atoms with E-state index >= 15 is 0 Å². The molecule has 1 aliphatic heterocycles. The minimum absolute atomic E-state index is 0.0284. The van der Waals surface area contributed by atoms with Gasteiger partial charge in [0.15, 0.2) is 5.76 Å². The number of amides is 1. The number of pyridine rings is 1. The highest BCUT2D eigenvalue weighted by Crippen LogP contribution is 2.44. The fraction of sp³-hybridized carbons (Fsp3) is 0.444. The lowest BCUT2D eigenvalue weighted by molar-refractivity contribution is 0.0823. The van der Waals surface area contributed by atoms with Crippen LogP contribution >= 0.6 is 11.3 Å². The Morgan fingerprint density at radius 1 is 1.29 bits per heavy atom. The highest BCUT2D eigenvalue weighted by molar-refractivity contribution is 7.19. The Balaban J connectivity index is 1.33. The van der Waals surface area contributed by atoms with Crippen molar-refractivity contribution in [3.05, 3.63) is 53.7 Å². The number of hydrogen-bond donors (Lipinski definition) is 1. The third kappa shape index (κ3) is 5.00. The van der Waals surface area contributed by atoms with Crippen molar-refractivity contribution in [2.45, 2.75) is 32.1 Å². The first-order chi connectivity index (χ1) is 18.3. The number of carbonyl (C=O) groups excluding carboxylic acids is 1. The number of carbonyl (C=O) groups is 1. The molecule has 200 valence electrons. The van der Waals surface area contributed by atoms with E-state index in [4.69, 9.17) is 9.26 Å². The van der Waals surface area contributed by atoms with Crippen molar-refractivity contribution in [1.29, 1.82) is 0 Å². The summed E-state index contributed by atoms with van der Waals surface area (Å²) in [6.07, 6.45) is 3.40. The minimum Gasteiger partial charge on any atom is -0.470 e. The highest BCUT2D eigenvalue weighted by atomic mass is 32.1. The SMILES string of the molecule is CC(C)C1CNCCC1(CCOc1nc2ccc(-c3ccc(C(=O)N(C)C)c(F)c3)nc2s1)c1cnno1. The van der Waals surface area contributed by atoms with Gasteiger partial charge in [-0.15, -0.1) is 5.10 Å². The fourth-order valence-electron chi connectivity index (χ4n) is 5.38. The largest absolute Gasteiger partial charge is 0.470 e. The van der Waals surface area contributed by atoms with Crippen molar-refractivity contribution < 1.29 is 18.4 Å². The molecule has 0 aliphatic carbocycles. The predicted octanol–water partition coefficient (Wildman–Crippen LogP) is 4.55. The van der Waals surface area contributed by atoms with Gasteiger partial charge in [-0.3, -0.25) is 4.79 Å². The van der Waals surface area contributed by atoms with Gasteiger partial charge in [0.2, 0.25) is 0 Å². The molecule has 3 aromatic heterocycles. The first kappa shape index (κ1) is 26.2. The van der Waals surface area contributed by atoms with Crippen molar-refractivity contribution in [3.63, 3.8) is 0 Å². The topological polar surface area (TPSA) is 106 Å². The van der Waals surface area contributed by atoms with E-state index in [9.17, 15) is 9.18 Å². The average Bonchev–Trinajstić information content (AvgIpc) is 3.58. The molecular weight excluding hydrogens is 507 g/mol. The van der Waals surface area contributed by atoms with Gasteiger partial charge in [0, 0.05) is 30.3 Å². The molecule has 1 amide bonds. The van der Waals surface area contributed by atoms with Crippen molar-refractivity contribution in [1.82, 2.24) is 30.6 Å². The average molecular weight is 539 g/mol. The molecule has 0 bridgehead atoms. The molecule has 0 spiro atoms. The van der Waals surface area contributed by atoms with Crippen LogP contribution in [0.15, 0.2) is 41.1 Å². The van der Waals surface area contributed by atoms with E-state index in [0.717, 1.165) is 31.7 Å². The molecule has 0 saturated carbocycles. The molecule has 1 fully saturated rings. The van der Waals surface area contributed by atoms with Gasteiger partial charge in [0.25, 0.3) is 11.1 Å². The molecule has 11 heteroatoms. The summed E-state index contributed by atoms with van der Waals surface area (Å²) >= 11 is 1.35. The number of nitrogens with one attached hydrogen (secondary N) is 1. The lowest BCUT2D eigenvalue weighted by Crippen LogP contribution is -2.50. The van der Waals surface area contributed by atoms with E-state index < -0.39 is 5.82 Å². The number of hydrogen-bond acceptors (Lipinski definition) is 9. The molecule has 4 heterocycles. The highest BCUT2D eigenvalue weighted by Gasteiger charge is 2.46. The monoisotopic (exact) mass is 538 g/mol. The van der Waals surface area contributed by atoms with Crippen LogP contribution in [0, 0.1) is 17.7 Å². The van der Waals surface area contributed by atoms with Gasteiger partial charge in [0.05, 0.1) is 24.1 Å². The van der Waals surface area contributed by atoms with Crippen LogP contribution in [0.5, 0.6) is 5.19 Å². The molecule has 1 saturated heterocycles. The summed E-state index contributed by atoms with van der Waals surface area (Å²) in [6, 6.07) is 8.17. The number of benzene rings is 1. The van der Waals surface area contributed by atoms with Crippen LogP contribution in [-0.2, 0) is 5.41 Å². The van der Waals surface area contributed by atoms with Crippen molar-refractivity contribution >= 4 is 27.6 Å². The zero-order valence-electron chi connectivity index (χ0n) is 21.9. The van der Waals surface area contributed by atoms with E-state index in [1.54, 1.807) is 32.4 Å². The zero-order chi connectivity index (χ0) is 26.9. The van der Waals surface area contributed by atoms with E-state index in [-0.39, 0.29) is 16.9 Å². The molecule has 2 unspecified atom stereocenters. The van der Waals surface area contributed by atoms with Crippen LogP contribution in [-0.4, -0.2) is 64.9 Å². The molecule has 1 N–H and O–H groups in total. The van der Waals surface area contributed by atoms with Gasteiger partial charge < -0.3 is 19.5 Å². The second-order valence-corrected chi connectivity index (χ2v) is 11.2. The van der Waals surface area contributed by atoms with Crippen LogP contribution in [0.2, 0.25) is 0 Å². The number of halogens is 1. The maximum atomic E-state index is 14.6. The smallest absolute Gasteiger partial charge is 0.275 e. The van der Waals surface area contributed by atoms with E-state index in [1.165, 1.54) is 28.4 Å². The third-order valence-electron chi connectivity index (χ3n) is 7.39. The maximum absolute atomic E-state index is 14.6. The molecule has 1 aromatic carbocycles. The molecule has 9 nitrogen and oxygen atoms in total. The Labute approximate surface area is 224 Å². The lowest BCUT2D eigenvalue weighted by atomic mass is 9.63. The van der Waals surface area contributed by atoms with Gasteiger partial charge in [-0.1, -0.05) is 31.3 Å². The van der Waals surface area contributed by atoms with Crippen LogP contribution in [0.4, 0.5) is 4.39 Å².